The van der Waals surface area contributed by atoms with Crippen LogP contribution in [0.3, 0.4) is 0 Å². The Morgan fingerprint density at radius 1 is 1.37 bits per heavy atom. The maximum absolute atomic E-state index is 6.65. The molecule has 0 aliphatic heterocycles. The van der Waals surface area contributed by atoms with Crippen molar-refractivity contribution in [3.63, 3.8) is 0 Å². The van der Waals surface area contributed by atoms with E-state index in [0.717, 1.165) is 6.54 Å². The van der Waals surface area contributed by atoms with E-state index in [2.05, 4.69) is 47.4 Å². The molecule has 1 aromatic carbocycles. The average molecular weight is 257 g/mol. The summed E-state index contributed by atoms with van der Waals surface area (Å²) in [6.07, 6.45) is 5.99. The third-order valence-corrected chi connectivity index (χ3v) is 4.80. The van der Waals surface area contributed by atoms with Crippen LogP contribution in [0.1, 0.15) is 30.9 Å². The monoisotopic (exact) mass is 257 g/mol. The Hall–Kier alpha value is -1.32. The first-order valence-electron chi connectivity index (χ1n) is 7.12. The predicted molar refractivity (Wildman–Crippen MR) is 80.1 cm³/mol. The zero-order valence-corrected chi connectivity index (χ0v) is 11.8. The van der Waals surface area contributed by atoms with E-state index in [1.54, 1.807) is 0 Å². The van der Waals surface area contributed by atoms with Crippen molar-refractivity contribution in [2.45, 2.75) is 25.3 Å². The Morgan fingerprint density at radius 2 is 2.11 bits per heavy atom. The van der Waals surface area contributed by atoms with Crippen molar-refractivity contribution in [2.24, 2.45) is 18.2 Å². The summed E-state index contributed by atoms with van der Waals surface area (Å²) in [4.78, 5) is 0. The highest BCUT2D eigenvalue weighted by Gasteiger charge is 2.43. The van der Waals surface area contributed by atoms with E-state index >= 15 is 0 Å². The number of hydrogen-bond donors (Lipinski definition) is 2. The van der Waals surface area contributed by atoms with E-state index in [1.807, 2.05) is 7.05 Å². The van der Waals surface area contributed by atoms with Crippen molar-refractivity contribution in [2.75, 3.05) is 13.6 Å². The Labute approximate surface area is 114 Å². The maximum atomic E-state index is 6.65. The first-order valence-corrected chi connectivity index (χ1v) is 7.12. The van der Waals surface area contributed by atoms with Gasteiger partial charge in [0, 0.05) is 42.1 Å². The third-order valence-electron chi connectivity index (χ3n) is 4.80. The quantitative estimate of drug-likeness (QED) is 0.884. The second-order valence-corrected chi connectivity index (χ2v) is 5.94. The highest BCUT2D eigenvalue weighted by atomic mass is 14.9. The van der Waals surface area contributed by atoms with Crippen molar-refractivity contribution in [3.8, 4) is 0 Å². The molecule has 0 amide bonds. The van der Waals surface area contributed by atoms with Crippen LogP contribution in [0.15, 0.2) is 30.5 Å². The van der Waals surface area contributed by atoms with Gasteiger partial charge in [-0.3, -0.25) is 0 Å². The van der Waals surface area contributed by atoms with Gasteiger partial charge in [-0.15, -0.1) is 0 Å². The van der Waals surface area contributed by atoms with Gasteiger partial charge in [-0.05, 0) is 31.5 Å². The van der Waals surface area contributed by atoms with Crippen LogP contribution in [-0.2, 0) is 7.05 Å². The molecule has 1 heterocycles. The lowest BCUT2D eigenvalue weighted by molar-refractivity contribution is 0.0953. The van der Waals surface area contributed by atoms with Crippen LogP contribution in [0.5, 0.6) is 0 Å². The van der Waals surface area contributed by atoms with Gasteiger partial charge in [0.2, 0.25) is 0 Å². The number of rotatable bonds is 4. The Bertz CT molecular complexity index is 581. The second kappa shape index (κ2) is 4.66. The predicted octanol–water partition coefficient (Wildman–Crippen LogP) is 2.57. The molecule has 3 nitrogen and oxygen atoms in total. The standard InChI is InChI=1S/C16H23N3/c1-18-11-16(8-5-9-16)15(17)13-10-19(2)14-7-4-3-6-12(13)14/h3-4,6-7,10,15,18H,5,8-9,11,17H2,1-2H3. The summed E-state index contributed by atoms with van der Waals surface area (Å²) in [5, 5.41) is 4.63. The molecule has 0 bridgehead atoms. The minimum absolute atomic E-state index is 0.125. The zero-order valence-electron chi connectivity index (χ0n) is 11.8. The topological polar surface area (TPSA) is 43.0 Å². The lowest BCUT2D eigenvalue weighted by Crippen LogP contribution is -2.46. The van der Waals surface area contributed by atoms with Crippen LogP contribution in [0.25, 0.3) is 10.9 Å². The van der Waals surface area contributed by atoms with Gasteiger partial charge >= 0.3 is 0 Å². The molecule has 0 saturated heterocycles. The summed E-state index contributed by atoms with van der Waals surface area (Å²) in [7, 11) is 4.12. The molecule has 1 aliphatic rings. The highest BCUT2D eigenvalue weighted by Crippen LogP contribution is 2.49. The molecule has 1 aliphatic carbocycles. The van der Waals surface area contributed by atoms with Gasteiger partial charge in [0.25, 0.3) is 0 Å². The number of para-hydroxylation sites is 1. The van der Waals surface area contributed by atoms with Crippen LogP contribution < -0.4 is 11.1 Å². The van der Waals surface area contributed by atoms with Crippen molar-refractivity contribution in [1.29, 1.82) is 0 Å². The molecule has 1 unspecified atom stereocenters. The minimum Gasteiger partial charge on any atom is -0.350 e. The first kappa shape index (κ1) is 12.7. The van der Waals surface area contributed by atoms with E-state index in [9.17, 15) is 0 Å². The number of hydrogen-bond acceptors (Lipinski definition) is 2. The molecule has 3 heteroatoms. The van der Waals surface area contributed by atoms with Crippen LogP contribution in [0.4, 0.5) is 0 Å². The molecular formula is C16H23N3. The van der Waals surface area contributed by atoms with Gasteiger partial charge in [-0.25, -0.2) is 0 Å². The Balaban J connectivity index is 2.04. The number of aromatic nitrogens is 1. The van der Waals surface area contributed by atoms with Gasteiger partial charge in [0.1, 0.15) is 0 Å². The smallest absolute Gasteiger partial charge is 0.0481 e. The molecular weight excluding hydrogens is 234 g/mol. The summed E-state index contributed by atoms with van der Waals surface area (Å²) in [6, 6.07) is 8.67. The third kappa shape index (κ3) is 1.88. The molecule has 1 fully saturated rings. The fourth-order valence-electron chi connectivity index (χ4n) is 3.53. The summed E-state index contributed by atoms with van der Waals surface area (Å²) < 4.78 is 2.19. The second-order valence-electron chi connectivity index (χ2n) is 5.94. The van der Waals surface area contributed by atoms with Crippen LogP contribution in [-0.4, -0.2) is 18.2 Å². The van der Waals surface area contributed by atoms with Gasteiger partial charge < -0.3 is 15.6 Å². The SMILES string of the molecule is CNCC1(C(N)c2cn(C)c3ccccc23)CCC1. The minimum atomic E-state index is 0.125. The number of fused-ring (bicyclic) bond motifs is 1. The summed E-state index contributed by atoms with van der Waals surface area (Å²) in [6.45, 7) is 1.01. The lowest BCUT2D eigenvalue weighted by Gasteiger charge is -2.46. The van der Waals surface area contributed by atoms with Gasteiger partial charge in [-0.2, -0.15) is 0 Å². The van der Waals surface area contributed by atoms with E-state index < -0.39 is 0 Å². The number of nitrogens with two attached hydrogens (primary N) is 1. The van der Waals surface area contributed by atoms with E-state index in [-0.39, 0.29) is 11.5 Å². The molecule has 0 radical (unpaired) electrons. The van der Waals surface area contributed by atoms with E-state index in [4.69, 9.17) is 5.73 Å². The molecule has 3 N–H and O–H groups in total. The Kier molecular flexibility index (Phi) is 3.11. The summed E-state index contributed by atoms with van der Waals surface area (Å²) in [5.74, 6) is 0. The van der Waals surface area contributed by atoms with Gasteiger partial charge in [-0.1, -0.05) is 24.6 Å². The molecule has 3 rings (SSSR count). The van der Waals surface area contributed by atoms with Crippen molar-refractivity contribution >= 4 is 10.9 Å². The molecule has 19 heavy (non-hydrogen) atoms. The highest BCUT2D eigenvalue weighted by molar-refractivity contribution is 5.84. The summed E-state index contributed by atoms with van der Waals surface area (Å²) in [5.41, 5.74) is 9.47. The number of aryl methyl sites for hydroxylation is 1. The van der Waals surface area contributed by atoms with Crippen molar-refractivity contribution in [3.05, 3.63) is 36.0 Å². The fourth-order valence-corrected chi connectivity index (χ4v) is 3.53. The molecule has 102 valence electrons. The first-order chi connectivity index (χ1) is 9.18. The molecule has 0 spiro atoms. The number of nitrogens with zero attached hydrogens (tertiary/aromatic N) is 1. The zero-order chi connectivity index (χ0) is 13.5. The van der Waals surface area contributed by atoms with Crippen LogP contribution in [0, 0.1) is 5.41 Å². The van der Waals surface area contributed by atoms with E-state index in [1.165, 1.54) is 35.7 Å². The van der Waals surface area contributed by atoms with E-state index in [0.29, 0.717) is 0 Å². The largest absolute Gasteiger partial charge is 0.350 e. The van der Waals surface area contributed by atoms with Crippen LogP contribution in [0.2, 0.25) is 0 Å². The maximum Gasteiger partial charge on any atom is 0.0481 e. The summed E-state index contributed by atoms with van der Waals surface area (Å²) >= 11 is 0. The van der Waals surface area contributed by atoms with Gasteiger partial charge in [0.15, 0.2) is 0 Å². The molecule has 1 atom stereocenters. The average Bonchev–Trinajstić information content (AvgIpc) is 2.71. The Morgan fingerprint density at radius 3 is 2.74 bits per heavy atom. The molecule has 1 aromatic heterocycles. The van der Waals surface area contributed by atoms with Crippen LogP contribution >= 0.6 is 0 Å². The van der Waals surface area contributed by atoms with Crippen molar-refractivity contribution < 1.29 is 0 Å². The normalized spacial score (nSPS) is 19.3. The number of nitrogens with one attached hydrogen (secondary N) is 1. The molecule has 1 saturated carbocycles. The lowest BCUT2D eigenvalue weighted by atomic mass is 9.62. The van der Waals surface area contributed by atoms with Gasteiger partial charge in [0.05, 0.1) is 0 Å². The number of benzene rings is 1. The fraction of sp³-hybridized carbons (Fsp3) is 0.500. The molecule has 2 aromatic rings. The van der Waals surface area contributed by atoms with Crippen molar-refractivity contribution in [1.82, 2.24) is 9.88 Å².